The molecule has 0 unspecified atom stereocenters. The number of hydrogen-bond donors (Lipinski definition) is 0. The molecule has 110 valence electrons. The lowest BCUT2D eigenvalue weighted by Crippen LogP contribution is -2.33. The van der Waals surface area contributed by atoms with Crippen molar-refractivity contribution in [3.8, 4) is 0 Å². The maximum absolute atomic E-state index is 12.3. The van der Waals surface area contributed by atoms with Gasteiger partial charge in [0.1, 0.15) is 12.2 Å². The van der Waals surface area contributed by atoms with Crippen molar-refractivity contribution in [2.45, 2.75) is 13.1 Å². The normalized spacial score (nSPS) is 11.1. The van der Waals surface area contributed by atoms with Crippen LogP contribution in [0.1, 0.15) is 23.0 Å². The van der Waals surface area contributed by atoms with Gasteiger partial charge in [0.15, 0.2) is 0 Å². The molecule has 0 fully saturated rings. The molecule has 0 N–H and O–H groups in total. The van der Waals surface area contributed by atoms with Gasteiger partial charge in [-0.25, -0.2) is 0 Å². The average Bonchev–Trinajstić information content (AvgIpc) is 2.37. The van der Waals surface area contributed by atoms with E-state index in [0.29, 0.717) is 6.07 Å². The molecule has 0 atom stereocenters. The van der Waals surface area contributed by atoms with E-state index >= 15 is 0 Å². The first-order valence-electron chi connectivity index (χ1n) is 5.70. The van der Waals surface area contributed by atoms with Crippen molar-refractivity contribution in [3.05, 3.63) is 29.6 Å². The molecule has 0 aliphatic heterocycles. The van der Waals surface area contributed by atoms with Gasteiger partial charge in [-0.3, -0.25) is 14.6 Å². The summed E-state index contributed by atoms with van der Waals surface area (Å²) in [5, 5.41) is 0. The summed E-state index contributed by atoms with van der Waals surface area (Å²) in [5.41, 5.74) is -1.12. The van der Waals surface area contributed by atoms with Gasteiger partial charge >= 0.3 is 12.1 Å². The number of carbonyl (C=O) groups excluding carboxylic acids is 2. The molecule has 1 heterocycles. The zero-order chi connectivity index (χ0) is 15.3. The lowest BCUT2D eigenvalue weighted by Gasteiger charge is -2.16. The molecular formula is C12H13F3N2O3. The van der Waals surface area contributed by atoms with Crippen LogP contribution in [0.15, 0.2) is 18.3 Å². The van der Waals surface area contributed by atoms with Crippen LogP contribution in [-0.4, -0.2) is 42.0 Å². The molecule has 1 rings (SSSR count). The van der Waals surface area contributed by atoms with Gasteiger partial charge in [-0.05, 0) is 19.1 Å². The van der Waals surface area contributed by atoms with E-state index in [0.717, 1.165) is 17.2 Å². The van der Waals surface area contributed by atoms with Crippen molar-refractivity contribution in [1.29, 1.82) is 0 Å². The van der Waals surface area contributed by atoms with Crippen LogP contribution in [-0.2, 0) is 15.7 Å². The Hall–Kier alpha value is -2.12. The van der Waals surface area contributed by atoms with Crippen molar-refractivity contribution in [2.24, 2.45) is 0 Å². The number of rotatable bonds is 4. The molecule has 0 saturated heterocycles. The summed E-state index contributed by atoms with van der Waals surface area (Å²) in [4.78, 5) is 27.3. The molecule has 0 bridgehead atoms. The minimum Gasteiger partial charge on any atom is -0.465 e. The Bertz CT molecular complexity index is 486. The molecule has 8 heteroatoms. The quantitative estimate of drug-likeness (QED) is 0.792. The number of esters is 1. The largest absolute Gasteiger partial charge is 0.465 e. The van der Waals surface area contributed by atoms with Gasteiger partial charge < -0.3 is 9.64 Å². The second kappa shape index (κ2) is 6.36. The minimum absolute atomic E-state index is 0.0372. The molecule has 1 amide bonds. The van der Waals surface area contributed by atoms with Crippen molar-refractivity contribution in [2.75, 3.05) is 20.2 Å². The Labute approximate surface area is 113 Å². The Balaban J connectivity index is 2.75. The van der Waals surface area contributed by atoms with Gasteiger partial charge in [0.2, 0.25) is 0 Å². The Morgan fingerprint density at radius 3 is 2.45 bits per heavy atom. The maximum Gasteiger partial charge on any atom is 0.433 e. The number of hydrogen-bond acceptors (Lipinski definition) is 4. The smallest absolute Gasteiger partial charge is 0.433 e. The molecule has 0 aliphatic carbocycles. The van der Waals surface area contributed by atoms with Crippen LogP contribution in [0, 0.1) is 0 Å². The number of likely N-dealkylation sites (N-methyl/N-ethyl adjacent to an activating group) is 1. The van der Waals surface area contributed by atoms with Gasteiger partial charge in [-0.15, -0.1) is 0 Å². The first-order chi connectivity index (χ1) is 9.25. The summed E-state index contributed by atoms with van der Waals surface area (Å²) in [5.74, 6) is -1.21. The van der Waals surface area contributed by atoms with Crippen LogP contribution in [0.25, 0.3) is 0 Å². The van der Waals surface area contributed by atoms with Gasteiger partial charge in [0.05, 0.1) is 12.2 Å². The van der Waals surface area contributed by atoms with Crippen molar-refractivity contribution < 1.29 is 27.5 Å². The zero-order valence-corrected chi connectivity index (χ0v) is 10.9. The molecule has 0 aromatic carbocycles. The summed E-state index contributed by atoms with van der Waals surface area (Å²) in [7, 11) is 1.34. The third kappa shape index (κ3) is 4.22. The van der Waals surface area contributed by atoms with Crippen LogP contribution in [0.5, 0.6) is 0 Å². The number of halogens is 3. The number of pyridine rings is 1. The second-order valence-corrected chi connectivity index (χ2v) is 3.90. The summed E-state index contributed by atoms with van der Waals surface area (Å²) in [6.45, 7) is 1.52. The SMILES string of the molecule is CCOC(=O)CN(C)C(=O)c1ccc(C(F)(F)F)nc1. The molecule has 0 saturated carbocycles. The highest BCUT2D eigenvalue weighted by atomic mass is 19.4. The number of alkyl halides is 3. The highest BCUT2D eigenvalue weighted by molar-refractivity contribution is 5.95. The Morgan fingerprint density at radius 2 is 2.00 bits per heavy atom. The third-order valence-corrected chi connectivity index (χ3v) is 2.32. The zero-order valence-electron chi connectivity index (χ0n) is 10.9. The van der Waals surface area contributed by atoms with Crippen molar-refractivity contribution in [1.82, 2.24) is 9.88 Å². The molecule has 1 aromatic heterocycles. The first-order valence-corrected chi connectivity index (χ1v) is 5.70. The van der Waals surface area contributed by atoms with E-state index in [4.69, 9.17) is 0 Å². The molecule has 0 aliphatic rings. The molecule has 20 heavy (non-hydrogen) atoms. The lowest BCUT2D eigenvalue weighted by atomic mass is 10.2. The van der Waals surface area contributed by atoms with Crippen molar-refractivity contribution >= 4 is 11.9 Å². The third-order valence-electron chi connectivity index (χ3n) is 2.32. The Kier molecular flexibility index (Phi) is 5.06. The fourth-order valence-corrected chi connectivity index (χ4v) is 1.38. The van der Waals surface area contributed by atoms with Crippen LogP contribution < -0.4 is 0 Å². The number of ether oxygens (including phenoxy) is 1. The highest BCUT2D eigenvalue weighted by Crippen LogP contribution is 2.27. The van der Waals surface area contributed by atoms with Crippen LogP contribution in [0.3, 0.4) is 0 Å². The molecular weight excluding hydrogens is 277 g/mol. The molecule has 0 radical (unpaired) electrons. The lowest BCUT2D eigenvalue weighted by molar-refractivity contribution is -0.143. The summed E-state index contributed by atoms with van der Waals surface area (Å²) in [6.07, 6.45) is -3.73. The van der Waals surface area contributed by atoms with Gasteiger partial charge in [-0.2, -0.15) is 13.2 Å². The number of carbonyl (C=O) groups is 2. The van der Waals surface area contributed by atoms with Gasteiger partial charge in [0.25, 0.3) is 5.91 Å². The molecule has 1 aromatic rings. The predicted octanol–water partition coefficient (Wildman–Crippen LogP) is 1.74. The van der Waals surface area contributed by atoms with E-state index in [2.05, 4.69) is 9.72 Å². The molecule has 0 spiro atoms. The predicted molar refractivity (Wildman–Crippen MR) is 62.8 cm³/mol. The van der Waals surface area contributed by atoms with E-state index in [1.807, 2.05) is 0 Å². The monoisotopic (exact) mass is 290 g/mol. The van der Waals surface area contributed by atoms with E-state index in [-0.39, 0.29) is 18.7 Å². The summed E-state index contributed by atoms with van der Waals surface area (Å²) < 4.78 is 41.6. The van der Waals surface area contributed by atoms with Crippen LogP contribution >= 0.6 is 0 Å². The van der Waals surface area contributed by atoms with Gasteiger partial charge in [-0.1, -0.05) is 0 Å². The van der Waals surface area contributed by atoms with Crippen LogP contribution in [0.4, 0.5) is 13.2 Å². The fraction of sp³-hybridized carbons (Fsp3) is 0.417. The molecule has 5 nitrogen and oxygen atoms in total. The number of amides is 1. The summed E-state index contributed by atoms with van der Waals surface area (Å²) in [6, 6.07) is 1.73. The minimum atomic E-state index is -4.56. The van der Waals surface area contributed by atoms with E-state index in [1.54, 1.807) is 6.92 Å². The van der Waals surface area contributed by atoms with Gasteiger partial charge in [0, 0.05) is 13.2 Å². The average molecular weight is 290 g/mol. The Morgan fingerprint density at radius 1 is 1.35 bits per heavy atom. The second-order valence-electron chi connectivity index (χ2n) is 3.90. The summed E-state index contributed by atoms with van der Waals surface area (Å²) >= 11 is 0. The van der Waals surface area contributed by atoms with Crippen LogP contribution in [0.2, 0.25) is 0 Å². The number of aromatic nitrogens is 1. The highest BCUT2D eigenvalue weighted by Gasteiger charge is 2.32. The van der Waals surface area contributed by atoms with E-state index < -0.39 is 23.7 Å². The standard InChI is InChI=1S/C12H13F3N2O3/c1-3-20-10(18)7-17(2)11(19)8-4-5-9(16-6-8)12(13,14)15/h4-6H,3,7H2,1-2H3. The number of nitrogens with zero attached hydrogens (tertiary/aromatic N) is 2. The van der Waals surface area contributed by atoms with E-state index in [1.165, 1.54) is 7.05 Å². The maximum atomic E-state index is 12.3. The van der Waals surface area contributed by atoms with E-state index in [9.17, 15) is 22.8 Å². The van der Waals surface area contributed by atoms with Crippen molar-refractivity contribution in [3.63, 3.8) is 0 Å². The topological polar surface area (TPSA) is 59.5 Å². The first kappa shape index (κ1) is 15.9. The fourth-order valence-electron chi connectivity index (χ4n) is 1.38.